The van der Waals surface area contributed by atoms with Crippen LogP contribution in [0, 0.1) is 5.92 Å². The summed E-state index contributed by atoms with van der Waals surface area (Å²) in [5.41, 5.74) is 9.68. The van der Waals surface area contributed by atoms with E-state index in [-0.39, 0.29) is 0 Å². The van der Waals surface area contributed by atoms with Crippen LogP contribution < -0.4 is 10.5 Å². The molecule has 0 saturated carbocycles. The maximum atomic E-state index is 6.06. The fourth-order valence-electron chi connectivity index (χ4n) is 2.85. The van der Waals surface area contributed by atoms with Crippen molar-refractivity contribution in [1.29, 1.82) is 0 Å². The topological polar surface area (TPSA) is 76.8 Å². The third-order valence-corrected chi connectivity index (χ3v) is 4.02. The highest BCUT2D eigenvalue weighted by atomic mass is 32.1. The van der Waals surface area contributed by atoms with Crippen molar-refractivity contribution in [3.63, 3.8) is 0 Å². The smallest absolute Gasteiger partial charge is 0.148 e. The molecule has 0 atom stereocenters. The molecule has 0 aliphatic carbocycles. The summed E-state index contributed by atoms with van der Waals surface area (Å²) in [6.07, 6.45) is 5.02. The zero-order chi connectivity index (χ0) is 17.8. The summed E-state index contributed by atoms with van der Waals surface area (Å²) in [5.74, 6) is 1.32. The summed E-state index contributed by atoms with van der Waals surface area (Å²) in [6, 6.07) is 8.12. The first-order chi connectivity index (χ1) is 12.0. The Labute approximate surface area is 152 Å². The van der Waals surface area contributed by atoms with Crippen molar-refractivity contribution in [3.8, 4) is 5.75 Å². The van der Waals surface area contributed by atoms with E-state index in [9.17, 15) is 0 Å². The lowest BCUT2D eigenvalue weighted by molar-refractivity contribution is 0.308. The monoisotopic (exact) mass is 354 g/mol. The normalized spacial score (nSPS) is 11.2. The number of nitrogens with zero attached hydrogens (tertiary/aromatic N) is 2. The van der Waals surface area contributed by atoms with Gasteiger partial charge in [-0.2, -0.15) is 5.10 Å². The molecule has 130 valence electrons. The molecule has 0 saturated heterocycles. The van der Waals surface area contributed by atoms with Gasteiger partial charge in [-0.25, -0.2) is 0 Å². The minimum atomic E-state index is 0.442. The van der Waals surface area contributed by atoms with E-state index in [2.05, 4.69) is 41.2 Å². The van der Waals surface area contributed by atoms with Crippen molar-refractivity contribution < 1.29 is 4.74 Å². The van der Waals surface area contributed by atoms with Crippen LogP contribution in [0.5, 0.6) is 5.75 Å². The standard InChI is InChI=1S/C19H22N4OS/c1-12(2)6-14-7-15-16(9-18(20)25)22-23-19(15)17(8-14)24-11-13-4-3-5-21-10-13/h3-5,7-8,10,12H,6,9,11H2,1-2H3,(H2,20,25)(H,22,23). The van der Waals surface area contributed by atoms with Crippen molar-refractivity contribution in [2.24, 2.45) is 11.7 Å². The van der Waals surface area contributed by atoms with E-state index in [1.807, 2.05) is 12.1 Å². The average molecular weight is 354 g/mol. The first kappa shape index (κ1) is 17.4. The fourth-order valence-corrected chi connectivity index (χ4v) is 2.99. The predicted molar refractivity (Wildman–Crippen MR) is 104 cm³/mol. The highest BCUT2D eigenvalue weighted by molar-refractivity contribution is 7.80. The van der Waals surface area contributed by atoms with Gasteiger partial charge in [0, 0.05) is 35.5 Å². The molecular weight excluding hydrogens is 332 g/mol. The van der Waals surface area contributed by atoms with Crippen LogP contribution in [0.15, 0.2) is 36.7 Å². The summed E-state index contributed by atoms with van der Waals surface area (Å²) in [6.45, 7) is 4.85. The number of ether oxygens (including phenoxy) is 1. The van der Waals surface area contributed by atoms with E-state index in [4.69, 9.17) is 22.7 Å². The maximum absolute atomic E-state index is 6.06. The van der Waals surface area contributed by atoms with Gasteiger partial charge in [0.1, 0.15) is 17.9 Å². The Morgan fingerprint density at radius 1 is 1.32 bits per heavy atom. The van der Waals surface area contributed by atoms with Gasteiger partial charge in [-0.05, 0) is 36.1 Å². The van der Waals surface area contributed by atoms with Gasteiger partial charge in [-0.15, -0.1) is 0 Å². The van der Waals surface area contributed by atoms with E-state index in [0.717, 1.165) is 34.3 Å². The summed E-state index contributed by atoms with van der Waals surface area (Å²) in [4.78, 5) is 4.57. The number of aromatic amines is 1. The van der Waals surface area contributed by atoms with Gasteiger partial charge in [0.05, 0.1) is 4.99 Å². The number of nitrogens with two attached hydrogens (primary N) is 1. The fraction of sp³-hybridized carbons (Fsp3) is 0.316. The lowest BCUT2D eigenvalue weighted by Gasteiger charge is -2.11. The molecule has 1 aromatic carbocycles. The van der Waals surface area contributed by atoms with Crippen LogP contribution in [0.2, 0.25) is 0 Å². The number of aromatic nitrogens is 3. The maximum Gasteiger partial charge on any atom is 0.148 e. The van der Waals surface area contributed by atoms with E-state index in [0.29, 0.717) is 23.9 Å². The van der Waals surface area contributed by atoms with Gasteiger partial charge in [0.25, 0.3) is 0 Å². The summed E-state index contributed by atoms with van der Waals surface area (Å²) < 4.78 is 6.06. The zero-order valence-electron chi connectivity index (χ0n) is 14.5. The Hall–Kier alpha value is -2.47. The molecule has 0 fully saturated rings. The number of rotatable bonds is 7. The molecule has 0 unspecified atom stereocenters. The van der Waals surface area contributed by atoms with Gasteiger partial charge in [-0.3, -0.25) is 10.1 Å². The second kappa shape index (κ2) is 7.61. The highest BCUT2D eigenvalue weighted by Crippen LogP contribution is 2.30. The Morgan fingerprint density at radius 3 is 2.84 bits per heavy atom. The minimum absolute atomic E-state index is 0.442. The first-order valence-electron chi connectivity index (χ1n) is 8.33. The molecule has 0 amide bonds. The van der Waals surface area contributed by atoms with E-state index < -0.39 is 0 Å². The van der Waals surface area contributed by atoms with Crippen molar-refractivity contribution in [3.05, 3.63) is 53.5 Å². The number of fused-ring (bicyclic) bond motifs is 1. The molecule has 0 spiro atoms. The molecule has 3 N–H and O–H groups in total. The molecule has 2 heterocycles. The Kier molecular flexibility index (Phi) is 5.28. The van der Waals surface area contributed by atoms with Gasteiger partial charge in [-0.1, -0.05) is 32.1 Å². The van der Waals surface area contributed by atoms with E-state index in [1.165, 1.54) is 5.56 Å². The lowest BCUT2D eigenvalue weighted by atomic mass is 10.00. The van der Waals surface area contributed by atoms with Gasteiger partial charge < -0.3 is 10.5 Å². The summed E-state index contributed by atoms with van der Waals surface area (Å²) >= 11 is 5.05. The number of H-pyrrole nitrogens is 1. The second-order valence-corrected chi connectivity index (χ2v) is 7.11. The van der Waals surface area contributed by atoms with Crippen molar-refractivity contribution in [2.45, 2.75) is 33.3 Å². The van der Waals surface area contributed by atoms with E-state index in [1.54, 1.807) is 12.4 Å². The van der Waals surface area contributed by atoms with Crippen LogP contribution in [0.4, 0.5) is 0 Å². The molecule has 0 radical (unpaired) electrons. The number of thiocarbonyl (C=S) groups is 1. The van der Waals surface area contributed by atoms with Gasteiger partial charge >= 0.3 is 0 Å². The quantitative estimate of drug-likeness (QED) is 0.634. The first-order valence-corrected chi connectivity index (χ1v) is 8.73. The number of benzene rings is 1. The second-order valence-electron chi connectivity index (χ2n) is 6.58. The van der Waals surface area contributed by atoms with Gasteiger partial charge in [0.15, 0.2) is 0 Å². The number of hydrogen-bond donors (Lipinski definition) is 2. The van der Waals surface area contributed by atoms with Crippen molar-refractivity contribution >= 4 is 28.1 Å². The number of hydrogen-bond acceptors (Lipinski definition) is 4. The molecule has 5 nitrogen and oxygen atoms in total. The van der Waals surface area contributed by atoms with Crippen molar-refractivity contribution in [2.75, 3.05) is 0 Å². The average Bonchev–Trinajstić information content (AvgIpc) is 2.95. The summed E-state index contributed by atoms with van der Waals surface area (Å²) in [7, 11) is 0. The van der Waals surface area contributed by atoms with Crippen LogP contribution in [0.3, 0.4) is 0 Å². The molecule has 6 heteroatoms. The third kappa shape index (κ3) is 4.33. The zero-order valence-corrected chi connectivity index (χ0v) is 15.3. The third-order valence-electron chi connectivity index (χ3n) is 3.87. The van der Waals surface area contributed by atoms with Gasteiger partial charge in [0.2, 0.25) is 0 Å². The van der Waals surface area contributed by atoms with Crippen LogP contribution >= 0.6 is 12.2 Å². The SMILES string of the molecule is CC(C)Cc1cc(OCc2cccnc2)c2n[nH]c(CC(N)=S)c2c1. The molecule has 3 aromatic rings. The lowest BCUT2D eigenvalue weighted by Crippen LogP contribution is -2.11. The molecule has 0 bridgehead atoms. The molecule has 0 aliphatic heterocycles. The number of pyridine rings is 1. The Morgan fingerprint density at radius 2 is 2.16 bits per heavy atom. The van der Waals surface area contributed by atoms with E-state index >= 15 is 0 Å². The van der Waals surface area contributed by atoms with Crippen LogP contribution in [-0.2, 0) is 19.4 Å². The van der Waals surface area contributed by atoms with Crippen LogP contribution in [-0.4, -0.2) is 20.2 Å². The molecule has 3 rings (SSSR count). The molecule has 25 heavy (non-hydrogen) atoms. The predicted octanol–water partition coefficient (Wildman–Crippen LogP) is 3.56. The number of nitrogens with one attached hydrogen (secondary N) is 1. The summed E-state index contributed by atoms with van der Waals surface area (Å²) in [5, 5.41) is 8.50. The molecule has 0 aliphatic rings. The largest absolute Gasteiger partial charge is 0.486 e. The highest BCUT2D eigenvalue weighted by Gasteiger charge is 2.14. The minimum Gasteiger partial charge on any atom is -0.486 e. The molecule has 2 aromatic heterocycles. The van der Waals surface area contributed by atoms with Crippen LogP contribution in [0.25, 0.3) is 10.9 Å². The Balaban J connectivity index is 1.96. The Bertz CT molecular complexity index is 874. The van der Waals surface area contributed by atoms with Crippen molar-refractivity contribution in [1.82, 2.24) is 15.2 Å². The van der Waals surface area contributed by atoms with Crippen LogP contribution in [0.1, 0.15) is 30.7 Å². The molecular formula is C19H22N4OS.